The molecule has 0 bridgehead atoms. The summed E-state index contributed by atoms with van der Waals surface area (Å²) in [4.78, 5) is 10.3. The summed E-state index contributed by atoms with van der Waals surface area (Å²) in [7, 11) is 0. The third-order valence-electron chi connectivity index (χ3n) is 3.79. The van der Waals surface area contributed by atoms with Crippen molar-refractivity contribution >= 4 is 33.5 Å². The van der Waals surface area contributed by atoms with Gasteiger partial charge in [0, 0.05) is 5.02 Å². The highest BCUT2D eigenvalue weighted by molar-refractivity contribution is 9.10. The topological polar surface area (TPSA) is 37.3 Å². The highest BCUT2D eigenvalue weighted by Gasteiger charge is 2.19. The first-order chi connectivity index (χ1) is 9.08. The average molecular weight is 346 g/mol. The Morgan fingerprint density at radius 1 is 1.37 bits per heavy atom. The van der Waals surface area contributed by atoms with Gasteiger partial charge in [-0.2, -0.15) is 0 Å². The first-order valence-electron chi connectivity index (χ1n) is 6.73. The van der Waals surface area contributed by atoms with Gasteiger partial charge in [-0.1, -0.05) is 58.9 Å². The van der Waals surface area contributed by atoms with Crippen molar-refractivity contribution < 1.29 is 9.90 Å². The maximum atomic E-state index is 10.8. The van der Waals surface area contributed by atoms with E-state index in [2.05, 4.69) is 22.0 Å². The lowest BCUT2D eigenvalue weighted by Crippen LogP contribution is -2.15. The highest BCUT2D eigenvalue weighted by atomic mass is 79.9. The molecule has 1 fully saturated rings. The van der Waals surface area contributed by atoms with Crippen molar-refractivity contribution in [2.45, 2.75) is 49.3 Å². The Labute approximate surface area is 127 Å². The van der Waals surface area contributed by atoms with Crippen LogP contribution in [0.15, 0.2) is 18.2 Å². The maximum Gasteiger partial charge on any atom is 0.317 e. The van der Waals surface area contributed by atoms with Crippen molar-refractivity contribution in [2.75, 3.05) is 0 Å². The lowest BCUT2D eigenvalue weighted by atomic mass is 9.84. The fourth-order valence-electron chi connectivity index (χ4n) is 2.74. The largest absolute Gasteiger partial charge is 0.480 e. The molecule has 2 nitrogen and oxygen atoms in total. The van der Waals surface area contributed by atoms with Crippen LogP contribution in [0.5, 0.6) is 0 Å². The van der Waals surface area contributed by atoms with Crippen molar-refractivity contribution in [2.24, 2.45) is 0 Å². The van der Waals surface area contributed by atoms with Gasteiger partial charge >= 0.3 is 5.97 Å². The minimum Gasteiger partial charge on any atom is -0.480 e. The fourth-order valence-corrected chi connectivity index (χ4v) is 3.47. The molecular weight excluding hydrogens is 328 g/mol. The van der Waals surface area contributed by atoms with Crippen molar-refractivity contribution in [3.05, 3.63) is 34.3 Å². The van der Waals surface area contributed by atoms with Crippen LogP contribution in [-0.4, -0.2) is 15.9 Å². The molecule has 1 N–H and O–H groups in total. The highest BCUT2D eigenvalue weighted by Crippen LogP contribution is 2.36. The fraction of sp³-hybridized carbons (Fsp3) is 0.533. The molecule has 1 saturated carbocycles. The van der Waals surface area contributed by atoms with Crippen LogP contribution >= 0.6 is 27.5 Å². The number of alkyl halides is 1. The van der Waals surface area contributed by atoms with E-state index in [-0.39, 0.29) is 0 Å². The second-order valence-corrected chi connectivity index (χ2v) is 6.71. The molecule has 0 saturated heterocycles. The first-order valence-corrected chi connectivity index (χ1v) is 8.02. The zero-order valence-electron chi connectivity index (χ0n) is 10.7. The molecule has 1 aliphatic carbocycles. The molecule has 4 heteroatoms. The van der Waals surface area contributed by atoms with Crippen LogP contribution < -0.4 is 0 Å². The number of hydrogen-bond donors (Lipinski definition) is 1. The Morgan fingerprint density at radius 2 is 2.05 bits per heavy atom. The molecule has 104 valence electrons. The SMILES string of the molecule is O=C(O)C(Br)Cc1ccc(C2CCCCC2)c(Cl)c1. The Bertz CT molecular complexity index is 455. The van der Waals surface area contributed by atoms with E-state index in [1.54, 1.807) is 0 Å². The van der Waals surface area contributed by atoms with Crippen LogP contribution in [0.1, 0.15) is 49.1 Å². The number of hydrogen-bond acceptors (Lipinski definition) is 1. The molecule has 1 aromatic carbocycles. The number of carbonyl (C=O) groups is 1. The van der Waals surface area contributed by atoms with Gasteiger partial charge in [-0.3, -0.25) is 4.79 Å². The number of carboxylic acids is 1. The summed E-state index contributed by atoms with van der Waals surface area (Å²) < 4.78 is 0. The third-order valence-corrected chi connectivity index (χ3v) is 4.84. The third kappa shape index (κ3) is 3.96. The van der Waals surface area contributed by atoms with Crippen molar-refractivity contribution in [3.8, 4) is 0 Å². The van der Waals surface area contributed by atoms with E-state index >= 15 is 0 Å². The molecule has 0 radical (unpaired) electrons. The standard InChI is InChI=1S/C15H18BrClO2/c16-13(15(18)19)8-10-6-7-12(14(17)9-10)11-4-2-1-3-5-11/h6-7,9,11,13H,1-5,8H2,(H,18,19). The molecule has 0 amide bonds. The molecule has 1 aromatic rings. The summed E-state index contributed by atoms with van der Waals surface area (Å²) in [6, 6.07) is 6.00. The predicted molar refractivity (Wildman–Crippen MR) is 81.3 cm³/mol. The van der Waals surface area contributed by atoms with Gasteiger partial charge < -0.3 is 5.11 Å². The van der Waals surface area contributed by atoms with E-state index in [0.717, 1.165) is 10.6 Å². The molecule has 0 heterocycles. The van der Waals surface area contributed by atoms with Crippen LogP contribution in [0.2, 0.25) is 5.02 Å². The zero-order chi connectivity index (χ0) is 13.8. The minimum atomic E-state index is -0.840. The second-order valence-electron chi connectivity index (χ2n) is 5.20. The van der Waals surface area contributed by atoms with Crippen molar-refractivity contribution in [1.29, 1.82) is 0 Å². The van der Waals surface area contributed by atoms with Gasteiger partial charge in [0.15, 0.2) is 0 Å². The number of carboxylic acid groups (broad SMARTS) is 1. The second kappa shape index (κ2) is 6.76. The molecule has 1 atom stereocenters. The summed E-state index contributed by atoms with van der Waals surface area (Å²) in [5, 5.41) is 9.68. The average Bonchev–Trinajstić information content (AvgIpc) is 2.39. The Hall–Kier alpha value is -0.540. The van der Waals surface area contributed by atoms with E-state index in [4.69, 9.17) is 16.7 Å². The molecule has 0 aliphatic heterocycles. The van der Waals surface area contributed by atoms with Crippen LogP contribution in [0.4, 0.5) is 0 Å². The van der Waals surface area contributed by atoms with E-state index in [1.165, 1.54) is 37.7 Å². The zero-order valence-corrected chi connectivity index (χ0v) is 13.1. The van der Waals surface area contributed by atoms with Gasteiger partial charge in [-0.15, -0.1) is 0 Å². The number of rotatable bonds is 4. The van der Waals surface area contributed by atoms with Crippen LogP contribution in [-0.2, 0) is 11.2 Å². The first kappa shape index (κ1) is 14.9. The van der Waals surface area contributed by atoms with Gasteiger partial charge in [0.2, 0.25) is 0 Å². The van der Waals surface area contributed by atoms with Gasteiger partial charge in [0.1, 0.15) is 4.83 Å². The number of benzene rings is 1. The summed E-state index contributed by atoms with van der Waals surface area (Å²) in [5.74, 6) is -0.262. The summed E-state index contributed by atoms with van der Waals surface area (Å²) in [5.41, 5.74) is 2.19. The molecule has 19 heavy (non-hydrogen) atoms. The Balaban J connectivity index is 2.10. The van der Waals surface area contributed by atoms with E-state index in [0.29, 0.717) is 12.3 Å². The molecule has 2 rings (SSSR count). The quantitative estimate of drug-likeness (QED) is 0.797. The van der Waals surface area contributed by atoms with E-state index < -0.39 is 10.8 Å². The Morgan fingerprint density at radius 3 is 2.63 bits per heavy atom. The minimum absolute atomic E-state index is 0.458. The molecular formula is C15H18BrClO2. The number of aliphatic carboxylic acids is 1. The normalized spacial score (nSPS) is 18.2. The van der Waals surface area contributed by atoms with E-state index in [1.807, 2.05) is 12.1 Å². The summed E-state index contributed by atoms with van der Waals surface area (Å²) >= 11 is 9.52. The van der Waals surface area contributed by atoms with Crippen molar-refractivity contribution in [3.63, 3.8) is 0 Å². The molecule has 1 aliphatic rings. The van der Waals surface area contributed by atoms with Crippen LogP contribution in [0, 0.1) is 0 Å². The van der Waals surface area contributed by atoms with Crippen LogP contribution in [0.3, 0.4) is 0 Å². The lowest BCUT2D eigenvalue weighted by molar-refractivity contribution is -0.136. The van der Waals surface area contributed by atoms with Gasteiger partial charge in [0.25, 0.3) is 0 Å². The summed E-state index contributed by atoms with van der Waals surface area (Å²) in [6.45, 7) is 0. The smallest absolute Gasteiger partial charge is 0.317 e. The Kier molecular flexibility index (Phi) is 5.28. The number of halogens is 2. The molecule has 0 spiro atoms. The monoisotopic (exact) mass is 344 g/mol. The van der Waals surface area contributed by atoms with Gasteiger partial charge in [-0.05, 0) is 42.4 Å². The van der Waals surface area contributed by atoms with E-state index in [9.17, 15) is 4.79 Å². The molecule has 0 aromatic heterocycles. The predicted octanol–water partition coefficient (Wildman–Crippen LogP) is 4.78. The van der Waals surface area contributed by atoms with Gasteiger partial charge in [0.05, 0.1) is 0 Å². The van der Waals surface area contributed by atoms with Crippen molar-refractivity contribution in [1.82, 2.24) is 0 Å². The summed E-state index contributed by atoms with van der Waals surface area (Å²) in [6.07, 6.45) is 6.79. The van der Waals surface area contributed by atoms with Crippen LogP contribution in [0.25, 0.3) is 0 Å². The molecule has 1 unspecified atom stereocenters. The lowest BCUT2D eigenvalue weighted by Gasteiger charge is -2.23. The maximum absolute atomic E-state index is 10.8. The van der Waals surface area contributed by atoms with Gasteiger partial charge in [-0.25, -0.2) is 0 Å².